The van der Waals surface area contributed by atoms with E-state index in [0.29, 0.717) is 17.9 Å². The largest absolute Gasteiger partial charge is 0.347 e. The Morgan fingerprint density at radius 3 is 2.62 bits per heavy atom. The van der Waals surface area contributed by atoms with E-state index in [1.54, 1.807) is 16.5 Å². The minimum Gasteiger partial charge on any atom is -0.347 e. The van der Waals surface area contributed by atoms with Gasteiger partial charge in [-0.2, -0.15) is 0 Å². The Labute approximate surface area is 167 Å². The van der Waals surface area contributed by atoms with Crippen LogP contribution in [-0.4, -0.2) is 32.6 Å². The fraction of sp³-hybridized carbons (Fsp3) is 0.300. The third kappa shape index (κ3) is 5.50. The summed E-state index contributed by atoms with van der Waals surface area (Å²) in [6.07, 6.45) is 3.04. The smallest absolute Gasteiger partial charge is 0.315 e. The molecule has 0 bridgehead atoms. The van der Waals surface area contributed by atoms with Gasteiger partial charge in [-0.3, -0.25) is 9.20 Å². The lowest BCUT2D eigenvalue weighted by Gasteiger charge is -2.18. The quantitative estimate of drug-likeness (QED) is 0.541. The minimum absolute atomic E-state index is 0.198. The van der Waals surface area contributed by atoms with Crippen molar-refractivity contribution in [3.8, 4) is 0 Å². The average Bonchev–Trinajstić information content (AvgIpc) is 3.14. The van der Waals surface area contributed by atoms with Gasteiger partial charge in [0, 0.05) is 12.7 Å². The predicted octanol–water partition coefficient (Wildman–Crippen LogP) is 2.15. The molecule has 2 aromatic heterocycles. The molecule has 0 aliphatic carbocycles. The highest BCUT2D eigenvalue weighted by Gasteiger charge is 2.20. The number of carbonyl (C=O) groups excluding carboxylic acids is 2. The first-order chi connectivity index (χ1) is 14.1. The molecular weight excluding hydrogens is 375 g/mol. The highest BCUT2D eigenvalue weighted by Crippen LogP contribution is 2.04. The molecule has 0 unspecified atom stereocenters. The molecule has 0 spiro atoms. The number of halogens is 1. The summed E-state index contributed by atoms with van der Waals surface area (Å²) in [5, 5.41) is 16.3. The van der Waals surface area contributed by atoms with E-state index in [1.807, 2.05) is 31.3 Å². The van der Waals surface area contributed by atoms with Crippen LogP contribution in [0.15, 0.2) is 48.7 Å². The Balaban J connectivity index is 1.53. The second-order valence-corrected chi connectivity index (χ2v) is 6.56. The number of carbonyl (C=O) groups is 2. The van der Waals surface area contributed by atoms with E-state index < -0.39 is 12.1 Å². The molecule has 2 heterocycles. The van der Waals surface area contributed by atoms with Crippen LogP contribution in [-0.2, 0) is 17.9 Å². The number of pyridine rings is 1. The monoisotopic (exact) mass is 398 g/mol. The summed E-state index contributed by atoms with van der Waals surface area (Å²) in [5.41, 5.74) is 1.46. The van der Waals surface area contributed by atoms with Crippen LogP contribution in [0.4, 0.5) is 9.18 Å². The van der Waals surface area contributed by atoms with Crippen molar-refractivity contribution in [2.75, 3.05) is 0 Å². The van der Waals surface area contributed by atoms with Gasteiger partial charge in [-0.1, -0.05) is 31.5 Å². The third-order valence-electron chi connectivity index (χ3n) is 4.37. The van der Waals surface area contributed by atoms with Crippen LogP contribution < -0.4 is 16.0 Å². The van der Waals surface area contributed by atoms with Crippen molar-refractivity contribution in [3.63, 3.8) is 0 Å². The lowest BCUT2D eigenvalue weighted by molar-refractivity contribution is -0.123. The number of nitrogens with one attached hydrogen (secondary N) is 3. The Kier molecular flexibility index (Phi) is 6.72. The van der Waals surface area contributed by atoms with Crippen molar-refractivity contribution in [3.05, 3.63) is 65.9 Å². The minimum atomic E-state index is -0.674. The number of urea groups is 1. The van der Waals surface area contributed by atoms with Crippen LogP contribution in [0, 0.1) is 5.82 Å². The number of fused-ring (bicyclic) bond motifs is 1. The van der Waals surface area contributed by atoms with Gasteiger partial charge in [-0.15, -0.1) is 10.2 Å². The normalized spacial score (nSPS) is 11.8. The van der Waals surface area contributed by atoms with Gasteiger partial charge in [0.25, 0.3) is 0 Å². The van der Waals surface area contributed by atoms with Crippen LogP contribution in [0.25, 0.3) is 5.65 Å². The van der Waals surface area contributed by atoms with Crippen molar-refractivity contribution in [1.29, 1.82) is 0 Å². The van der Waals surface area contributed by atoms with Crippen LogP contribution in [0.5, 0.6) is 0 Å². The second kappa shape index (κ2) is 9.63. The number of nitrogens with zero attached hydrogens (tertiary/aromatic N) is 3. The Morgan fingerprint density at radius 2 is 1.86 bits per heavy atom. The molecule has 3 amide bonds. The number of amides is 3. The summed E-state index contributed by atoms with van der Waals surface area (Å²) in [6.45, 7) is 2.37. The first-order valence-corrected chi connectivity index (χ1v) is 9.42. The summed E-state index contributed by atoms with van der Waals surface area (Å²) in [5.74, 6) is -0.0280. The molecule has 0 saturated heterocycles. The number of rotatable bonds is 8. The zero-order valence-electron chi connectivity index (χ0n) is 16.1. The zero-order chi connectivity index (χ0) is 20.6. The molecule has 0 saturated carbocycles. The van der Waals surface area contributed by atoms with Gasteiger partial charge in [0.1, 0.15) is 11.9 Å². The summed E-state index contributed by atoms with van der Waals surface area (Å²) in [6, 6.07) is 10.2. The highest BCUT2D eigenvalue weighted by atomic mass is 19.1. The lowest BCUT2D eigenvalue weighted by Crippen LogP contribution is -2.49. The predicted molar refractivity (Wildman–Crippen MR) is 105 cm³/mol. The van der Waals surface area contributed by atoms with E-state index in [2.05, 4.69) is 26.1 Å². The lowest BCUT2D eigenvalue weighted by atomic mass is 10.1. The SMILES string of the molecule is CCC[C@@H](NC(=O)NCc1ccc(F)cc1)C(=O)NCc1nnc2ccccn12. The van der Waals surface area contributed by atoms with Gasteiger partial charge in [-0.25, -0.2) is 9.18 Å². The van der Waals surface area contributed by atoms with Gasteiger partial charge < -0.3 is 16.0 Å². The Bertz CT molecular complexity index is 973. The van der Waals surface area contributed by atoms with E-state index in [4.69, 9.17) is 0 Å². The van der Waals surface area contributed by atoms with Crippen LogP contribution >= 0.6 is 0 Å². The van der Waals surface area contributed by atoms with Crippen LogP contribution in [0.3, 0.4) is 0 Å². The van der Waals surface area contributed by atoms with E-state index in [-0.39, 0.29) is 24.8 Å². The van der Waals surface area contributed by atoms with E-state index in [0.717, 1.165) is 12.0 Å². The number of hydrogen-bond acceptors (Lipinski definition) is 4. The van der Waals surface area contributed by atoms with Crippen molar-refractivity contribution >= 4 is 17.6 Å². The van der Waals surface area contributed by atoms with Crippen LogP contribution in [0.2, 0.25) is 0 Å². The molecule has 0 aliphatic rings. The van der Waals surface area contributed by atoms with E-state index in [1.165, 1.54) is 12.1 Å². The fourth-order valence-corrected chi connectivity index (χ4v) is 2.85. The molecule has 8 nitrogen and oxygen atoms in total. The van der Waals surface area contributed by atoms with Gasteiger partial charge in [0.15, 0.2) is 11.5 Å². The highest BCUT2D eigenvalue weighted by molar-refractivity contribution is 5.86. The second-order valence-electron chi connectivity index (χ2n) is 6.56. The molecule has 3 N–H and O–H groups in total. The number of hydrogen-bond donors (Lipinski definition) is 3. The Hall–Kier alpha value is -3.49. The Morgan fingerprint density at radius 1 is 1.07 bits per heavy atom. The van der Waals surface area contributed by atoms with E-state index in [9.17, 15) is 14.0 Å². The molecule has 0 radical (unpaired) electrons. The maximum Gasteiger partial charge on any atom is 0.315 e. The van der Waals surface area contributed by atoms with Gasteiger partial charge in [-0.05, 0) is 36.2 Å². The topological polar surface area (TPSA) is 100 Å². The molecular formula is C20H23FN6O2. The average molecular weight is 398 g/mol. The molecule has 3 aromatic rings. The summed E-state index contributed by atoms with van der Waals surface area (Å²) >= 11 is 0. The van der Waals surface area contributed by atoms with Crippen molar-refractivity contribution < 1.29 is 14.0 Å². The summed E-state index contributed by atoms with van der Waals surface area (Å²) < 4.78 is 14.7. The summed E-state index contributed by atoms with van der Waals surface area (Å²) in [4.78, 5) is 24.7. The van der Waals surface area contributed by atoms with Gasteiger partial charge in [0.2, 0.25) is 5.91 Å². The first-order valence-electron chi connectivity index (χ1n) is 9.42. The molecule has 1 atom stereocenters. The molecule has 29 heavy (non-hydrogen) atoms. The fourth-order valence-electron chi connectivity index (χ4n) is 2.85. The van der Waals surface area contributed by atoms with Gasteiger partial charge >= 0.3 is 6.03 Å². The molecule has 1 aromatic carbocycles. The first kappa shape index (κ1) is 20.2. The van der Waals surface area contributed by atoms with E-state index >= 15 is 0 Å². The summed E-state index contributed by atoms with van der Waals surface area (Å²) in [7, 11) is 0. The molecule has 152 valence electrons. The van der Waals surface area contributed by atoms with Gasteiger partial charge in [0.05, 0.1) is 6.54 Å². The zero-order valence-corrected chi connectivity index (χ0v) is 16.1. The number of aromatic nitrogens is 3. The maximum atomic E-state index is 12.9. The van der Waals surface area contributed by atoms with Crippen molar-refractivity contribution in [2.24, 2.45) is 0 Å². The maximum absolute atomic E-state index is 12.9. The van der Waals surface area contributed by atoms with Crippen molar-refractivity contribution in [2.45, 2.75) is 38.9 Å². The number of benzene rings is 1. The van der Waals surface area contributed by atoms with Crippen molar-refractivity contribution in [1.82, 2.24) is 30.5 Å². The molecule has 0 fully saturated rings. The molecule has 3 rings (SSSR count). The standard InChI is InChI=1S/C20H23FN6O2/c1-2-5-16(24-20(29)23-12-14-7-9-15(21)10-8-14)19(28)22-13-18-26-25-17-6-3-4-11-27(17)18/h3-4,6-11,16H,2,5,12-13H2,1H3,(H,22,28)(H2,23,24,29)/t16-/m1/s1. The molecule has 9 heteroatoms. The molecule has 0 aliphatic heterocycles. The third-order valence-corrected chi connectivity index (χ3v) is 4.37. The van der Waals surface area contributed by atoms with Crippen LogP contribution in [0.1, 0.15) is 31.2 Å².